The van der Waals surface area contributed by atoms with Gasteiger partial charge in [-0.25, -0.2) is 0 Å². The SMILES string of the molecule is NC1C=C(C(F)(F)F)C(C2NC(N3CCOCC3)=C3OC(CN4CCNCC4)NC3N2)=CN1. The molecule has 3 fully saturated rings. The van der Waals surface area contributed by atoms with Crippen molar-refractivity contribution < 1.29 is 22.6 Å². The van der Waals surface area contributed by atoms with Crippen molar-refractivity contribution in [2.24, 2.45) is 5.73 Å². The molecule has 10 nitrogen and oxygen atoms in total. The number of ether oxygens (including phenoxy) is 2. The van der Waals surface area contributed by atoms with E-state index in [2.05, 4.69) is 36.4 Å². The van der Waals surface area contributed by atoms with E-state index in [1.54, 1.807) is 0 Å². The Hall–Kier alpha value is -2.03. The van der Waals surface area contributed by atoms with Crippen LogP contribution in [0.5, 0.6) is 0 Å². The molecule has 3 saturated heterocycles. The Morgan fingerprint density at radius 3 is 2.55 bits per heavy atom. The first kappa shape index (κ1) is 22.7. The molecule has 0 bridgehead atoms. The molecule has 0 aliphatic carbocycles. The fourth-order valence-electron chi connectivity index (χ4n) is 4.75. The van der Waals surface area contributed by atoms with E-state index < -0.39 is 30.2 Å². The number of nitrogens with zero attached hydrogens (tertiary/aromatic N) is 2. The average Bonchev–Trinajstić information content (AvgIpc) is 3.21. The van der Waals surface area contributed by atoms with Crippen molar-refractivity contribution in [3.63, 3.8) is 0 Å². The molecule has 0 saturated carbocycles. The Kier molecular flexibility index (Phi) is 6.42. The number of nitrogens with one attached hydrogen (secondary N) is 5. The maximum absolute atomic E-state index is 13.8. The van der Waals surface area contributed by atoms with Crippen LogP contribution >= 0.6 is 0 Å². The van der Waals surface area contributed by atoms with E-state index in [9.17, 15) is 13.2 Å². The summed E-state index contributed by atoms with van der Waals surface area (Å²) >= 11 is 0. The molecule has 5 rings (SSSR count). The topological polar surface area (TPSA) is 111 Å². The summed E-state index contributed by atoms with van der Waals surface area (Å²) in [4.78, 5) is 4.39. The molecule has 5 aliphatic heterocycles. The van der Waals surface area contributed by atoms with Crippen molar-refractivity contribution in [1.29, 1.82) is 0 Å². The predicted octanol–water partition coefficient (Wildman–Crippen LogP) is -1.56. The van der Waals surface area contributed by atoms with Gasteiger partial charge in [-0.2, -0.15) is 13.2 Å². The van der Waals surface area contributed by atoms with Crippen molar-refractivity contribution in [2.45, 2.75) is 30.9 Å². The van der Waals surface area contributed by atoms with Crippen molar-refractivity contribution in [1.82, 2.24) is 36.4 Å². The number of hydrogen-bond acceptors (Lipinski definition) is 10. The molecule has 0 radical (unpaired) electrons. The molecule has 0 aromatic rings. The van der Waals surface area contributed by atoms with Crippen molar-refractivity contribution in [3.05, 3.63) is 35.0 Å². The van der Waals surface area contributed by atoms with Gasteiger partial charge in [0.05, 0.1) is 25.0 Å². The summed E-state index contributed by atoms with van der Waals surface area (Å²) in [5.74, 6) is 1.37. The van der Waals surface area contributed by atoms with E-state index in [4.69, 9.17) is 15.2 Å². The molecule has 0 aromatic carbocycles. The van der Waals surface area contributed by atoms with Gasteiger partial charge in [0, 0.05) is 57.6 Å². The van der Waals surface area contributed by atoms with Crippen LogP contribution < -0.4 is 32.3 Å². The maximum Gasteiger partial charge on any atom is 0.416 e. The minimum atomic E-state index is -4.53. The van der Waals surface area contributed by atoms with E-state index in [-0.39, 0.29) is 11.8 Å². The first-order valence-corrected chi connectivity index (χ1v) is 11.3. The number of fused-ring (bicyclic) bond motifs is 1. The number of nitrogens with two attached hydrogens (primary N) is 1. The second kappa shape index (κ2) is 9.31. The standard InChI is InChI=1S/C20H31F3N8O2/c21-20(22,23)13-9-14(24)26-10-12(13)17-28-18-16(19(29-17)31-5-7-32-8-6-31)33-15(27-18)11-30-3-1-25-2-4-30/h9-10,14-15,17-18,25-29H,1-8,11,24H2. The van der Waals surface area contributed by atoms with Crippen LogP contribution in [-0.4, -0.2) is 99.7 Å². The lowest BCUT2D eigenvalue weighted by Gasteiger charge is -2.40. The summed E-state index contributed by atoms with van der Waals surface area (Å²) in [7, 11) is 0. The minimum absolute atomic E-state index is 0.0568. The molecule has 0 spiro atoms. The van der Waals surface area contributed by atoms with Crippen molar-refractivity contribution in [3.8, 4) is 0 Å². The van der Waals surface area contributed by atoms with Crippen molar-refractivity contribution >= 4 is 0 Å². The summed E-state index contributed by atoms with van der Waals surface area (Å²) in [6.07, 6.45) is -4.55. The monoisotopic (exact) mass is 472 g/mol. The van der Waals surface area contributed by atoms with Crippen LogP contribution in [0.2, 0.25) is 0 Å². The Labute approximate surface area is 190 Å². The zero-order valence-electron chi connectivity index (χ0n) is 18.3. The van der Waals surface area contributed by atoms with Crippen LogP contribution in [0.1, 0.15) is 0 Å². The van der Waals surface area contributed by atoms with Crippen LogP contribution in [0.4, 0.5) is 13.2 Å². The summed E-state index contributed by atoms with van der Waals surface area (Å²) in [6.45, 7) is 6.74. The lowest BCUT2D eigenvalue weighted by Crippen LogP contribution is -2.61. The predicted molar refractivity (Wildman–Crippen MR) is 114 cm³/mol. The minimum Gasteiger partial charge on any atom is -0.471 e. The summed E-state index contributed by atoms with van der Waals surface area (Å²) < 4.78 is 53.2. The van der Waals surface area contributed by atoms with Crippen molar-refractivity contribution in [2.75, 3.05) is 59.0 Å². The summed E-state index contributed by atoms with van der Waals surface area (Å²) in [6, 6.07) is 0. The number of alkyl halides is 3. The number of dihydropyridines is 1. The van der Waals surface area contributed by atoms with Gasteiger partial charge >= 0.3 is 6.18 Å². The number of hydrogen-bond donors (Lipinski definition) is 6. The van der Waals surface area contributed by atoms with Gasteiger partial charge in [0.1, 0.15) is 18.2 Å². The van der Waals surface area contributed by atoms with E-state index in [0.717, 1.165) is 32.3 Å². The highest BCUT2D eigenvalue weighted by atomic mass is 19.4. The number of halogens is 3. The van der Waals surface area contributed by atoms with Gasteiger partial charge in [0.2, 0.25) is 0 Å². The maximum atomic E-state index is 13.8. The van der Waals surface area contributed by atoms with Gasteiger partial charge in [-0.15, -0.1) is 0 Å². The highest BCUT2D eigenvalue weighted by Crippen LogP contribution is 2.36. The number of rotatable bonds is 4. The van der Waals surface area contributed by atoms with Crippen LogP contribution in [0.25, 0.3) is 0 Å². The molecule has 184 valence electrons. The highest BCUT2D eigenvalue weighted by Gasteiger charge is 2.45. The van der Waals surface area contributed by atoms with Crippen LogP contribution in [0.15, 0.2) is 35.0 Å². The number of morpholine rings is 1. The first-order chi connectivity index (χ1) is 15.9. The molecule has 0 amide bonds. The first-order valence-electron chi connectivity index (χ1n) is 11.3. The largest absolute Gasteiger partial charge is 0.471 e. The molecule has 7 N–H and O–H groups in total. The lowest BCUT2D eigenvalue weighted by atomic mass is 9.98. The second-order valence-electron chi connectivity index (χ2n) is 8.68. The fourth-order valence-corrected chi connectivity index (χ4v) is 4.75. The van der Waals surface area contributed by atoms with Crippen LogP contribution in [0, 0.1) is 0 Å². The zero-order chi connectivity index (χ0) is 23.0. The molecular formula is C20H31F3N8O2. The molecule has 0 aromatic heterocycles. The average molecular weight is 473 g/mol. The van der Waals surface area contributed by atoms with Gasteiger partial charge in [0.25, 0.3) is 0 Å². The Balaban J connectivity index is 1.39. The van der Waals surface area contributed by atoms with E-state index in [1.807, 2.05) is 0 Å². The van der Waals surface area contributed by atoms with Gasteiger partial charge < -0.3 is 36.1 Å². The highest BCUT2D eigenvalue weighted by molar-refractivity contribution is 5.43. The Morgan fingerprint density at radius 2 is 1.82 bits per heavy atom. The lowest BCUT2D eigenvalue weighted by molar-refractivity contribution is -0.0908. The van der Waals surface area contributed by atoms with Crippen LogP contribution in [-0.2, 0) is 9.47 Å². The smallest absolute Gasteiger partial charge is 0.416 e. The third-order valence-corrected chi connectivity index (χ3v) is 6.40. The molecule has 4 unspecified atom stereocenters. The van der Waals surface area contributed by atoms with Gasteiger partial charge in [-0.1, -0.05) is 0 Å². The molecular weight excluding hydrogens is 441 g/mol. The molecule has 5 heterocycles. The Bertz CT molecular complexity index is 821. The molecule has 5 aliphatic rings. The van der Waals surface area contributed by atoms with Gasteiger partial charge in [0.15, 0.2) is 12.0 Å². The quantitative estimate of drug-likeness (QED) is 0.288. The van der Waals surface area contributed by atoms with Gasteiger partial charge in [-0.05, 0) is 6.08 Å². The van der Waals surface area contributed by atoms with E-state index in [0.29, 0.717) is 44.4 Å². The fraction of sp³-hybridized carbons (Fsp3) is 0.700. The third-order valence-electron chi connectivity index (χ3n) is 6.40. The number of piperazine rings is 1. The molecule has 4 atom stereocenters. The molecule has 33 heavy (non-hydrogen) atoms. The second-order valence-corrected chi connectivity index (χ2v) is 8.68. The summed E-state index contributed by atoms with van der Waals surface area (Å²) in [5.41, 5.74) is 5.01. The Morgan fingerprint density at radius 1 is 1.06 bits per heavy atom. The van der Waals surface area contributed by atoms with Gasteiger partial charge in [-0.3, -0.25) is 15.5 Å². The van der Waals surface area contributed by atoms with Crippen LogP contribution in [0.3, 0.4) is 0 Å². The summed E-state index contributed by atoms with van der Waals surface area (Å²) in [5, 5.41) is 16.1. The molecule has 13 heteroatoms. The van der Waals surface area contributed by atoms with E-state index in [1.165, 1.54) is 6.20 Å². The zero-order valence-corrected chi connectivity index (χ0v) is 18.3. The normalized spacial score (nSPS) is 33.5. The van der Waals surface area contributed by atoms with E-state index >= 15 is 0 Å². The third kappa shape index (κ3) is 4.93.